The first-order valence-electron chi connectivity index (χ1n) is 19.4. The van der Waals surface area contributed by atoms with Crippen LogP contribution in [0.4, 0.5) is 0 Å². The Balaban J connectivity index is 0.000000150. The van der Waals surface area contributed by atoms with Gasteiger partial charge in [0.1, 0.15) is 22.9 Å². The van der Waals surface area contributed by atoms with Crippen LogP contribution in [-0.4, -0.2) is 44.2 Å². The third-order valence-electron chi connectivity index (χ3n) is 11.1. The number of allylic oxidation sites excluding steroid dienone is 2. The second-order valence-corrected chi connectivity index (χ2v) is 14.4. The molecule has 4 aromatic carbocycles. The molecule has 0 amide bonds. The number of nitrogens with zero attached hydrogens (tertiary/aromatic N) is 5. The fourth-order valence-corrected chi connectivity index (χ4v) is 8.06. The van der Waals surface area contributed by atoms with Gasteiger partial charge in [-0.25, -0.2) is 4.68 Å². The predicted molar refractivity (Wildman–Crippen MR) is 230 cm³/mol. The van der Waals surface area contributed by atoms with E-state index < -0.39 is 0 Å². The third kappa shape index (κ3) is 7.01. The first-order chi connectivity index (χ1) is 28.6. The van der Waals surface area contributed by atoms with Gasteiger partial charge < -0.3 is 9.47 Å². The summed E-state index contributed by atoms with van der Waals surface area (Å²) in [5.74, 6) is 2.03. The molecule has 58 heavy (non-hydrogen) atoms. The van der Waals surface area contributed by atoms with Gasteiger partial charge in [0.2, 0.25) is 0 Å². The van der Waals surface area contributed by atoms with Gasteiger partial charge in [0.15, 0.2) is 0 Å². The molecule has 0 saturated carbocycles. The fourth-order valence-electron chi connectivity index (χ4n) is 8.06. The summed E-state index contributed by atoms with van der Waals surface area (Å²) in [7, 11) is 3.37. The Labute approximate surface area is 338 Å². The molecule has 0 saturated heterocycles. The van der Waals surface area contributed by atoms with E-state index in [1.807, 2.05) is 54.7 Å². The highest BCUT2D eigenvalue weighted by molar-refractivity contribution is 5.76. The molecule has 8 aromatic rings. The Morgan fingerprint density at radius 1 is 0.672 bits per heavy atom. The molecule has 2 aliphatic carbocycles. The van der Waals surface area contributed by atoms with Crippen molar-refractivity contribution in [1.29, 1.82) is 0 Å². The van der Waals surface area contributed by atoms with Crippen LogP contribution in [-0.2, 0) is 18.3 Å². The van der Waals surface area contributed by atoms with E-state index in [0.717, 1.165) is 63.9 Å². The number of aromatic nitrogens is 6. The number of rotatable bonds is 8. The van der Waals surface area contributed by atoms with Crippen LogP contribution in [0.5, 0.6) is 11.5 Å². The Bertz CT molecular complexity index is 2670. The maximum absolute atomic E-state index is 5.36. The van der Waals surface area contributed by atoms with Crippen molar-refractivity contribution in [2.75, 3.05) is 14.2 Å². The molecule has 8 nitrogen and oxygen atoms in total. The fraction of sp³-hybridized carbons (Fsp3) is 0.120. The number of H-pyrrole nitrogens is 1. The lowest BCUT2D eigenvalue weighted by molar-refractivity contribution is 0.414. The van der Waals surface area contributed by atoms with E-state index in [-0.39, 0.29) is 5.41 Å². The molecule has 8 heteroatoms. The van der Waals surface area contributed by atoms with Gasteiger partial charge in [-0.2, -0.15) is 10.2 Å². The summed E-state index contributed by atoms with van der Waals surface area (Å²) in [6.45, 7) is 0. The van der Waals surface area contributed by atoms with Crippen molar-refractivity contribution in [3.63, 3.8) is 0 Å². The first-order valence-corrected chi connectivity index (χ1v) is 19.4. The van der Waals surface area contributed by atoms with E-state index in [9.17, 15) is 0 Å². The molecule has 0 fully saturated rings. The molecule has 0 bridgehead atoms. The van der Waals surface area contributed by atoms with Gasteiger partial charge in [-0.05, 0) is 77.4 Å². The average molecular weight is 759 g/mol. The zero-order chi connectivity index (χ0) is 39.3. The van der Waals surface area contributed by atoms with Crippen molar-refractivity contribution in [2.24, 2.45) is 0 Å². The van der Waals surface area contributed by atoms with Gasteiger partial charge in [-0.15, -0.1) is 0 Å². The normalized spacial score (nSPS) is 16.4. The summed E-state index contributed by atoms with van der Waals surface area (Å²) >= 11 is 0. The van der Waals surface area contributed by atoms with Crippen LogP contribution in [0.3, 0.4) is 0 Å². The van der Waals surface area contributed by atoms with Gasteiger partial charge >= 0.3 is 0 Å². The van der Waals surface area contributed by atoms with E-state index in [2.05, 4.69) is 140 Å². The Morgan fingerprint density at radius 2 is 1.38 bits per heavy atom. The van der Waals surface area contributed by atoms with Crippen molar-refractivity contribution in [3.8, 4) is 39.8 Å². The van der Waals surface area contributed by atoms with Crippen molar-refractivity contribution >= 4 is 12.2 Å². The number of pyridine rings is 2. The molecule has 0 aliphatic heterocycles. The van der Waals surface area contributed by atoms with Gasteiger partial charge in [0.25, 0.3) is 0 Å². The van der Waals surface area contributed by atoms with E-state index in [0.29, 0.717) is 5.92 Å². The largest absolute Gasteiger partial charge is 0.497 e. The van der Waals surface area contributed by atoms with Crippen LogP contribution < -0.4 is 9.47 Å². The highest BCUT2D eigenvalue weighted by atomic mass is 16.5. The molecule has 1 N–H and O–H groups in total. The lowest BCUT2D eigenvalue weighted by Gasteiger charge is -2.34. The third-order valence-corrected chi connectivity index (χ3v) is 11.1. The SMILES string of the molecule is COc1ccc(-n2nc(-c3cccnc3)c3c2CC(c2ccccc2)C=C3)cc1.COc1ccc(C2(c3ccccc3)C=Cc3c(-c4ccccn4)n[nH]c3C2)cc1. The number of benzene rings is 4. The molecule has 10 rings (SSSR count). The van der Waals surface area contributed by atoms with Crippen molar-refractivity contribution in [1.82, 2.24) is 29.9 Å². The monoisotopic (exact) mass is 758 g/mol. The number of methoxy groups -OCH3 is 2. The number of hydrogen-bond donors (Lipinski definition) is 1. The van der Waals surface area contributed by atoms with Crippen LogP contribution in [0.1, 0.15) is 45.1 Å². The Morgan fingerprint density at radius 3 is 2.07 bits per heavy atom. The summed E-state index contributed by atoms with van der Waals surface area (Å²) in [5.41, 5.74) is 12.9. The first kappa shape index (κ1) is 36.3. The smallest absolute Gasteiger partial charge is 0.119 e. The van der Waals surface area contributed by atoms with Crippen molar-refractivity contribution < 1.29 is 9.47 Å². The number of aromatic amines is 1. The zero-order valence-electron chi connectivity index (χ0n) is 32.4. The minimum atomic E-state index is -0.269. The Kier molecular flexibility index (Phi) is 10.0. The van der Waals surface area contributed by atoms with Crippen LogP contribution in [0.15, 0.2) is 170 Å². The second kappa shape index (κ2) is 16.0. The molecule has 4 aromatic heterocycles. The van der Waals surface area contributed by atoms with Crippen LogP contribution in [0.2, 0.25) is 0 Å². The topological polar surface area (TPSA) is 90.7 Å². The minimum Gasteiger partial charge on any atom is -0.497 e. The summed E-state index contributed by atoms with van der Waals surface area (Å²) in [4.78, 5) is 8.76. The highest BCUT2D eigenvalue weighted by Gasteiger charge is 2.36. The van der Waals surface area contributed by atoms with E-state index >= 15 is 0 Å². The standard InChI is InChI=1S/2C25H21N3O/c1-29-20-12-10-19(11-13-20)25(18-7-3-2-4-8-18)15-14-21-23(17-25)27-28-24(21)22-9-5-6-16-26-22;1-29-22-12-10-21(11-13-22)28-24-16-19(18-6-3-2-4-7-18)9-14-23(24)25(27-28)20-8-5-15-26-17-20/h2-16H,17H2,1H3,(H,27,28);2-15,17,19H,16H2,1H3. The molecule has 2 aliphatic rings. The summed E-state index contributed by atoms with van der Waals surface area (Å²) < 4.78 is 12.7. The summed E-state index contributed by atoms with van der Waals surface area (Å²) in [6.07, 6.45) is 16.1. The predicted octanol–water partition coefficient (Wildman–Crippen LogP) is 10.3. The maximum Gasteiger partial charge on any atom is 0.119 e. The van der Waals surface area contributed by atoms with Gasteiger partial charge in [0.05, 0.1) is 31.3 Å². The lowest BCUT2D eigenvalue weighted by Crippen LogP contribution is -2.30. The molecule has 4 heterocycles. The lowest BCUT2D eigenvalue weighted by atomic mass is 9.68. The number of hydrogen-bond acceptors (Lipinski definition) is 6. The van der Waals surface area contributed by atoms with Crippen LogP contribution in [0, 0.1) is 0 Å². The van der Waals surface area contributed by atoms with E-state index in [1.54, 1.807) is 26.6 Å². The highest BCUT2D eigenvalue weighted by Crippen LogP contribution is 2.43. The van der Waals surface area contributed by atoms with Crippen molar-refractivity contribution in [3.05, 3.63) is 209 Å². The van der Waals surface area contributed by atoms with Gasteiger partial charge in [-0.3, -0.25) is 15.1 Å². The number of ether oxygens (including phenoxy) is 2. The molecule has 0 radical (unpaired) electrons. The molecule has 284 valence electrons. The summed E-state index contributed by atoms with van der Waals surface area (Å²) in [5, 5.41) is 12.9. The van der Waals surface area contributed by atoms with Crippen molar-refractivity contribution in [2.45, 2.75) is 24.2 Å². The molecular weight excluding hydrogens is 717 g/mol. The van der Waals surface area contributed by atoms with E-state index in [1.165, 1.54) is 27.9 Å². The number of nitrogens with one attached hydrogen (secondary N) is 1. The zero-order valence-corrected chi connectivity index (χ0v) is 32.4. The van der Waals surface area contributed by atoms with Crippen LogP contribution in [0.25, 0.3) is 40.5 Å². The Hall–Kier alpha value is -7.32. The molecular formula is C50H42N6O2. The van der Waals surface area contributed by atoms with Gasteiger partial charge in [0, 0.05) is 65.1 Å². The molecule has 2 atom stereocenters. The summed E-state index contributed by atoms with van der Waals surface area (Å²) in [6, 6.07) is 47.6. The maximum atomic E-state index is 5.36. The van der Waals surface area contributed by atoms with E-state index in [4.69, 9.17) is 14.6 Å². The van der Waals surface area contributed by atoms with Crippen LogP contribution >= 0.6 is 0 Å². The molecule has 0 spiro atoms. The average Bonchev–Trinajstić information content (AvgIpc) is 3.92. The molecule has 2 unspecified atom stereocenters. The quantitative estimate of drug-likeness (QED) is 0.166. The second-order valence-electron chi connectivity index (χ2n) is 14.4. The van der Waals surface area contributed by atoms with Gasteiger partial charge in [-0.1, -0.05) is 103 Å². The number of fused-ring (bicyclic) bond motifs is 2. The minimum absolute atomic E-state index is 0.269.